The molecule has 0 bridgehead atoms. The number of carbonyl (C=O) groups excluding carboxylic acids is 1. The van der Waals surface area contributed by atoms with Gasteiger partial charge in [0.1, 0.15) is 5.82 Å². The topological polar surface area (TPSA) is 23.6 Å². The van der Waals surface area contributed by atoms with Gasteiger partial charge in [0.25, 0.3) is 0 Å². The Bertz CT molecular complexity index is 620. The van der Waals surface area contributed by atoms with Crippen molar-refractivity contribution in [3.8, 4) is 0 Å². The number of nitrogens with zero attached hydrogens (tertiary/aromatic N) is 2. The van der Waals surface area contributed by atoms with Gasteiger partial charge in [-0.1, -0.05) is 31.4 Å². The molecule has 0 spiro atoms. The zero-order valence-corrected chi connectivity index (χ0v) is 16.4. The van der Waals surface area contributed by atoms with Crippen LogP contribution < -0.4 is 0 Å². The number of likely N-dealkylation sites (tertiary alicyclic amines) is 2. The SMILES string of the molecule is O=C(CC1CCCC1)N1C[C@H](CN2CCCCC2)[C@@H](c2ccc(F)cc2)C1. The Labute approximate surface area is 162 Å². The Balaban J connectivity index is 1.45. The molecule has 0 aromatic heterocycles. The van der Waals surface area contributed by atoms with E-state index in [0.717, 1.165) is 26.1 Å². The first-order chi connectivity index (χ1) is 13.2. The third kappa shape index (κ3) is 4.71. The number of benzene rings is 1. The molecule has 1 aromatic carbocycles. The van der Waals surface area contributed by atoms with Gasteiger partial charge in [0, 0.05) is 32.0 Å². The average molecular weight is 373 g/mol. The van der Waals surface area contributed by atoms with Crippen molar-refractivity contribution in [1.29, 1.82) is 0 Å². The Hall–Kier alpha value is -1.42. The fourth-order valence-electron chi connectivity index (χ4n) is 5.41. The Morgan fingerprint density at radius 2 is 1.67 bits per heavy atom. The van der Waals surface area contributed by atoms with E-state index in [1.165, 1.54) is 63.6 Å². The highest BCUT2D eigenvalue weighted by atomic mass is 19.1. The first-order valence-electron chi connectivity index (χ1n) is 10.9. The molecular formula is C23H33FN2O. The normalized spacial score (nSPS) is 27.4. The number of amides is 1. The van der Waals surface area contributed by atoms with Gasteiger partial charge in [-0.05, 0) is 68.3 Å². The van der Waals surface area contributed by atoms with Crippen molar-refractivity contribution in [1.82, 2.24) is 9.80 Å². The predicted molar refractivity (Wildman–Crippen MR) is 106 cm³/mol. The summed E-state index contributed by atoms with van der Waals surface area (Å²) in [6.45, 7) is 5.10. The lowest BCUT2D eigenvalue weighted by Gasteiger charge is -2.31. The molecule has 0 radical (unpaired) electrons. The van der Waals surface area contributed by atoms with Crippen LogP contribution in [0.3, 0.4) is 0 Å². The monoisotopic (exact) mass is 372 g/mol. The van der Waals surface area contributed by atoms with Crippen molar-refractivity contribution >= 4 is 5.91 Å². The number of hydrogen-bond acceptors (Lipinski definition) is 2. The fourth-order valence-corrected chi connectivity index (χ4v) is 5.41. The highest BCUT2D eigenvalue weighted by Crippen LogP contribution is 2.36. The molecule has 148 valence electrons. The molecule has 2 saturated heterocycles. The average Bonchev–Trinajstić information content (AvgIpc) is 3.33. The summed E-state index contributed by atoms with van der Waals surface area (Å²) in [7, 11) is 0. The Kier molecular flexibility index (Phi) is 6.11. The van der Waals surface area contributed by atoms with Crippen LogP contribution in [0.4, 0.5) is 4.39 Å². The number of carbonyl (C=O) groups is 1. The molecule has 4 rings (SSSR count). The summed E-state index contributed by atoms with van der Waals surface area (Å²) >= 11 is 0. The van der Waals surface area contributed by atoms with Crippen molar-refractivity contribution in [2.75, 3.05) is 32.7 Å². The molecule has 2 atom stereocenters. The van der Waals surface area contributed by atoms with Crippen LogP contribution in [0.1, 0.15) is 62.8 Å². The van der Waals surface area contributed by atoms with Gasteiger partial charge < -0.3 is 9.80 Å². The molecular weight excluding hydrogens is 339 g/mol. The largest absolute Gasteiger partial charge is 0.342 e. The van der Waals surface area contributed by atoms with Gasteiger partial charge in [-0.15, -0.1) is 0 Å². The number of piperidine rings is 1. The van der Waals surface area contributed by atoms with Gasteiger partial charge in [0.2, 0.25) is 5.91 Å². The first kappa shape index (κ1) is 18.9. The van der Waals surface area contributed by atoms with E-state index in [0.29, 0.717) is 23.7 Å². The molecule has 1 aliphatic carbocycles. The lowest BCUT2D eigenvalue weighted by Crippen LogP contribution is -2.37. The van der Waals surface area contributed by atoms with Crippen molar-refractivity contribution in [2.24, 2.45) is 11.8 Å². The molecule has 4 heteroatoms. The van der Waals surface area contributed by atoms with Crippen LogP contribution >= 0.6 is 0 Å². The van der Waals surface area contributed by atoms with Gasteiger partial charge in [0.15, 0.2) is 0 Å². The molecule has 3 nitrogen and oxygen atoms in total. The molecule has 3 fully saturated rings. The minimum Gasteiger partial charge on any atom is -0.342 e. The maximum Gasteiger partial charge on any atom is 0.222 e. The summed E-state index contributed by atoms with van der Waals surface area (Å²) in [6, 6.07) is 6.98. The predicted octanol–water partition coefficient (Wildman–Crippen LogP) is 4.43. The molecule has 1 aromatic rings. The molecule has 1 amide bonds. The minimum absolute atomic E-state index is 0.182. The third-order valence-corrected chi connectivity index (χ3v) is 6.97. The zero-order valence-electron chi connectivity index (χ0n) is 16.4. The van der Waals surface area contributed by atoms with Crippen molar-refractivity contribution in [3.05, 3.63) is 35.6 Å². The number of rotatable bonds is 5. The second-order valence-electron chi connectivity index (χ2n) is 8.93. The van der Waals surface area contributed by atoms with Gasteiger partial charge in [0.05, 0.1) is 0 Å². The van der Waals surface area contributed by atoms with Crippen LogP contribution in [0.2, 0.25) is 0 Å². The first-order valence-corrected chi connectivity index (χ1v) is 10.9. The zero-order chi connectivity index (χ0) is 18.6. The highest BCUT2D eigenvalue weighted by molar-refractivity contribution is 5.77. The maximum absolute atomic E-state index is 13.4. The van der Waals surface area contributed by atoms with Crippen LogP contribution in [0.5, 0.6) is 0 Å². The minimum atomic E-state index is -0.182. The van der Waals surface area contributed by atoms with E-state index in [4.69, 9.17) is 0 Å². The van der Waals surface area contributed by atoms with Crippen molar-refractivity contribution < 1.29 is 9.18 Å². The lowest BCUT2D eigenvalue weighted by molar-refractivity contribution is -0.131. The second kappa shape index (κ2) is 8.72. The lowest BCUT2D eigenvalue weighted by atomic mass is 9.88. The van der Waals surface area contributed by atoms with Gasteiger partial charge in [-0.3, -0.25) is 4.79 Å². The van der Waals surface area contributed by atoms with E-state index < -0.39 is 0 Å². The standard InChI is InChI=1S/C23H33FN2O/c24-21-10-8-19(9-11-21)22-17-26(23(27)14-18-6-2-3-7-18)16-20(22)15-25-12-4-1-5-13-25/h8-11,18,20,22H,1-7,12-17H2/t20-,22+/m0/s1. The van der Waals surface area contributed by atoms with Crippen molar-refractivity contribution in [3.63, 3.8) is 0 Å². The van der Waals surface area contributed by atoms with E-state index in [1.807, 2.05) is 12.1 Å². The maximum atomic E-state index is 13.4. The number of halogens is 1. The molecule has 3 aliphatic rings. The summed E-state index contributed by atoms with van der Waals surface area (Å²) in [4.78, 5) is 17.6. The van der Waals surface area contributed by atoms with Crippen LogP contribution in [0, 0.1) is 17.7 Å². The summed E-state index contributed by atoms with van der Waals surface area (Å²) in [5, 5.41) is 0. The summed E-state index contributed by atoms with van der Waals surface area (Å²) < 4.78 is 13.4. The van der Waals surface area contributed by atoms with Gasteiger partial charge >= 0.3 is 0 Å². The molecule has 0 N–H and O–H groups in total. The quantitative estimate of drug-likeness (QED) is 0.763. The van der Waals surface area contributed by atoms with Crippen LogP contribution in [-0.2, 0) is 4.79 Å². The third-order valence-electron chi connectivity index (χ3n) is 6.97. The molecule has 2 aliphatic heterocycles. The fraction of sp³-hybridized carbons (Fsp3) is 0.696. The van der Waals surface area contributed by atoms with Gasteiger partial charge in [-0.25, -0.2) is 4.39 Å². The van der Waals surface area contributed by atoms with E-state index in [9.17, 15) is 9.18 Å². The summed E-state index contributed by atoms with van der Waals surface area (Å²) in [5.74, 6) is 1.55. The van der Waals surface area contributed by atoms with E-state index >= 15 is 0 Å². The van der Waals surface area contributed by atoms with Crippen LogP contribution in [-0.4, -0.2) is 48.4 Å². The molecule has 1 saturated carbocycles. The summed E-state index contributed by atoms with van der Waals surface area (Å²) in [5.41, 5.74) is 1.19. The van der Waals surface area contributed by atoms with E-state index in [2.05, 4.69) is 9.80 Å². The molecule has 27 heavy (non-hydrogen) atoms. The highest BCUT2D eigenvalue weighted by Gasteiger charge is 2.37. The van der Waals surface area contributed by atoms with E-state index in [1.54, 1.807) is 12.1 Å². The van der Waals surface area contributed by atoms with E-state index in [-0.39, 0.29) is 5.82 Å². The summed E-state index contributed by atoms with van der Waals surface area (Å²) in [6.07, 6.45) is 9.66. The smallest absolute Gasteiger partial charge is 0.222 e. The van der Waals surface area contributed by atoms with Crippen molar-refractivity contribution in [2.45, 2.75) is 57.3 Å². The van der Waals surface area contributed by atoms with Crippen LogP contribution in [0.15, 0.2) is 24.3 Å². The Morgan fingerprint density at radius 1 is 0.963 bits per heavy atom. The second-order valence-corrected chi connectivity index (χ2v) is 8.93. The van der Waals surface area contributed by atoms with Crippen LogP contribution in [0.25, 0.3) is 0 Å². The van der Waals surface area contributed by atoms with Gasteiger partial charge in [-0.2, -0.15) is 0 Å². The molecule has 2 heterocycles. The number of hydrogen-bond donors (Lipinski definition) is 0. The molecule has 0 unspecified atom stereocenters. The Morgan fingerprint density at radius 3 is 2.37 bits per heavy atom.